The van der Waals surface area contributed by atoms with Crippen LogP contribution < -0.4 is 5.32 Å². The second kappa shape index (κ2) is 7.10. The highest BCUT2D eigenvalue weighted by atomic mass is 16.4. The number of hydrogen-bond acceptors (Lipinski definition) is 3. The van der Waals surface area contributed by atoms with Crippen LogP contribution in [0.4, 0.5) is 0 Å². The number of carboxylic acids is 1. The van der Waals surface area contributed by atoms with E-state index < -0.39 is 5.97 Å². The molecule has 2 N–H and O–H groups in total. The van der Waals surface area contributed by atoms with Gasteiger partial charge in [-0.15, -0.1) is 0 Å². The predicted molar refractivity (Wildman–Crippen MR) is 83.3 cm³/mol. The smallest absolute Gasteiger partial charge is 0.303 e. The normalized spacial score (nSPS) is 32.2. The quantitative estimate of drug-likeness (QED) is 0.790. The Hall–Kier alpha value is -0.610. The number of carbonyl (C=O) groups is 1. The zero-order valence-electron chi connectivity index (χ0n) is 13.1. The second-order valence-corrected chi connectivity index (χ2v) is 7.49. The summed E-state index contributed by atoms with van der Waals surface area (Å²) in [6, 6.07) is 1.26. The van der Waals surface area contributed by atoms with Crippen LogP contribution in [0.15, 0.2) is 0 Å². The third-order valence-electron chi connectivity index (χ3n) is 5.51. The van der Waals surface area contributed by atoms with Crippen molar-refractivity contribution in [2.24, 2.45) is 11.8 Å². The Morgan fingerprint density at radius 3 is 2.48 bits per heavy atom. The minimum Gasteiger partial charge on any atom is -0.481 e. The number of likely N-dealkylation sites (tertiary alicyclic amines) is 1. The van der Waals surface area contributed by atoms with Crippen LogP contribution in [-0.4, -0.2) is 47.7 Å². The number of piperidine rings is 1. The van der Waals surface area contributed by atoms with Gasteiger partial charge in [-0.1, -0.05) is 19.3 Å². The molecule has 0 radical (unpaired) electrons. The average molecular weight is 294 g/mol. The minimum atomic E-state index is -0.635. The number of hydrogen-bond donors (Lipinski definition) is 2. The van der Waals surface area contributed by atoms with E-state index in [1.165, 1.54) is 44.9 Å². The van der Waals surface area contributed by atoms with Gasteiger partial charge in [0.15, 0.2) is 0 Å². The van der Waals surface area contributed by atoms with Crippen LogP contribution in [0.1, 0.15) is 57.8 Å². The molecule has 0 aromatic carbocycles. The molecule has 0 aromatic heterocycles. The van der Waals surface area contributed by atoms with Crippen LogP contribution in [-0.2, 0) is 4.79 Å². The fraction of sp³-hybridized carbons (Fsp3) is 0.941. The first-order valence-corrected chi connectivity index (χ1v) is 8.90. The molecule has 0 spiro atoms. The summed E-state index contributed by atoms with van der Waals surface area (Å²) in [5.41, 5.74) is 0. The highest BCUT2D eigenvalue weighted by molar-refractivity contribution is 5.67. The van der Waals surface area contributed by atoms with Gasteiger partial charge in [0.25, 0.3) is 0 Å². The Morgan fingerprint density at radius 1 is 1.05 bits per heavy atom. The summed E-state index contributed by atoms with van der Waals surface area (Å²) in [4.78, 5) is 13.6. The standard InChI is InChI=1S/C17H30N2O2/c20-17(21)9-14-8-15(12-19(11-14)16-6-7-16)18-10-13-4-2-1-3-5-13/h13-16,18H,1-12H2,(H,20,21). The molecule has 3 aliphatic rings. The Morgan fingerprint density at radius 2 is 1.81 bits per heavy atom. The maximum atomic E-state index is 11.0. The Bertz CT molecular complexity index is 351. The summed E-state index contributed by atoms with van der Waals surface area (Å²) < 4.78 is 0. The van der Waals surface area contributed by atoms with Gasteiger partial charge in [0.05, 0.1) is 0 Å². The van der Waals surface area contributed by atoms with Crippen molar-refractivity contribution in [2.45, 2.75) is 69.9 Å². The minimum absolute atomic E-state index is 0.334. The lowest BCUT2D eigenvalue weighted by atomic mass is 9.88. The molecule has 4 nitrogen and oxygen atoms in total. The molecular formula is C17H30N2O2. The summed E-state index contributed by atoms with van der Waals surface area (Å²) in [6.45, 7) is 3.27. The van der Waals surface area contributed by atoms with Gasteiger partial charge in [-0.3, -0.25) is 9.69 Å². The molecule has 0 bridgehead atoms. The topological polar surface area (TPSA) is 52.6 Å². The van der Waals surface area contributed by atoms with Gasteiger partial charge in [0.1, 0.15) is 0 Å². The molecule has 21 heavy (non-hydrogen) atoms. The number of rotatable bonds is 6. The van der Waals surface area contributed by atoms with Gasteiger partial charge >= 0.3 is 5.97 Å². The van der Waals surface area contributed by atoms with Gasteiger partial charge in [-0.2, -0.15) is 0 Å². The van der Waals surface area contributed by atoms with Gasteiger partial charge in [-0.25, -0.2) is 0 Å². The van der Waals surface area contributed by atoms with Crippen molar-refractivity contribution in [1.82, 2.24) is 10.2 Å². The lowest BCUT2D eigenvalue weighted by Crippen LogP contribution is -2.51. The third-order valence-corrected chi connectivity index (χ3v) is 5.51. The first kappa shape index (κ1) is 15.3. The molecule has 3 rings (SSSR count). The predicted octanol–water partition coefficient (Wildman–Crippen LogP) is 2.48. The average Bonchev–Trinajstić information content (AvgIpc) is 3.30. The highest BCUT2D eigenvalue weighted by Crippen LogP contribution is 2.32. The molecule has 0 amide bonds. The molecule has 2 atom stereocenters. The Balaban J connectivity index is 1.48. The number of nitrogens with zero attached hydrogens (tertiary/aromatic N) is 1. The van der Waals surface area contributed by atoms with E-state index >= 15 is 0 Å². The van der Waals surface area contributed by atoms with Crippen LogP contribution in [0, 0.1) is 11.8 Å². The summed E-state index contributed by atoms with van der Waals surface area (Å²) in [6.07, 6.45) is 11.0. The van der Waals surface area contributed by atoms with Crippen LogP contribution in [0.5, 0.6) is 0 Å². The summed E-state index contributed by atoms with van der Waals surface area (Å²) in [5.74, 6) is 0.553. The van der Waals surface area contributed by atoms with Crippen molar-refractivity contribution in [3.8, 4) is 0 Å². The maximum absolute atomic E-state index is 11.0. The molecule has 120 valence electrons. The lowest BCUT2D eigenvalue weighted by Gasteiger charge is -2.38. The molecule has 1 heterocycles. The maximum Gasteiger partial charge on any atom is 0.303 e. The summed E-state index contributed by atoms with van der Waals surface area (Å²) in [7, 11) is 0. The Kier molecular flexibility index (Phi) is 5.17. The van der Waals surface area contributed by atoms with E-state index in [1.807, 2.05) is 0 Å². The SMILES string of the molecule is O=C(O)CC1CC(NCC2CCCCC2)CN(C2CC2)C1. The molecule has 1 aliphatic heterocycles. The van der Waals surface area contributed by atoms with E-state index in [-0.39, 0.29) is 0 Å². The van der Waals surface area contributed by atoms with Gasteiger partial charge in [-0.05, 0) is 50.5 Å². The Labute approximate surface area is 128 Å². The van der Waals surface area contributed by atoms with Crippen LogP contribution in [0.2, 0.25) is 0 Å². The van der Waals surface area contributed by atoms with Crippen LogP contribution >= 0.6 is 0 Å². The molecule has 1 saturated heterocycles. The molecular weight excluding hydrogens is 264 g/mol. The lowest BCUT2D eigenvalue weighted by molar-refractivity contribution is -0.138. The zero-order valence-corrected chi connectivity index (χ0v) is 13.1. The number of aliphatic carboxylic acids is 1. The van der Waals surface area contributed by atoms with E-state index in [4.69, 9.17) is 5.11 Å². The first-order valence-electron chi connectivity index (χ1n) is 8.90. The first-order chi connectivity index (χ1) is 10.2. The molecule has 2 unspecified atom stereocenters. The monoisotopic (exact) mass is 294 g/mol. The molecule has 4 heteroatoms. The fourth-order valence-corrected chi connectivity index (χ4v) is 4.25. The summed E-state index contributed by atoms with van der Waals surface area (Å²) in [5, 5.41) is 12.9. The van der Waals surface area contributed by atoms with Crippen molar-refractivity contribution >= 4 is 5.97 Å². The highest BCUT2D eigenvalue weighted by Gasteiger charge is 2.36. The van der Waals surface area contributed by atoms with E-state index in [1.54, 1.807) is 0 Å². The van der Waals surface area contributed by atoms with E-state index in [9.17, 15) is 4.79 Å². The van der Waals surface area contributed by atoms with Crippen molar-refractivity contribution < 1.29 is 9.90 Å². The van der Waals surface area contributed by atoms with E-state index in [2.05, 4.69) is 10.2 Å². The van der Waals surface area contributed by atoms with Crippen molar-refractivity contribution in [3.63, 3.8) is 0 Å². The molecule has 2 saturated carbocycles. The largest absolute Gasteiger partial charge is 0.481 e. The number of nitrogens with one attached hydrogen (secondary N) is 1. The van der Waals surface area contributed by atoms with Gasteiger partial charge in [0, 0.05) is 31.6 Å². The van der Waals surface area contributed by atoms with Crippen LogP contribution in [0.3, 0.4) is 0 Å². The summed E-state index contributed by atoms with van der Waals surface area (Å²) >= 11 is 0. The van der Waals surface area contributed by atoms with Crippen molar-refractivity contribution in [1.29, 1.82) is 0 Å². The van der Waals surface area contributed by atoms with Crippen molar-refractivity contribution in [3.05, 3.63) is 0 Å². The van der Waals surface area contributed by atoms with Gasteiger partial charge in [0.2, 0.25) is 0 Å². The van der Waals surface area contributed by atoms with E-state index in [0.717, 1.165) is 38.0 Å². The molecule has 3 fully saturated rings. The third kappa shape index (κ3) is 4.68. The second-order valence-electron chi connectivity index (χ2n) is 7.49. The van der Waals surface area contributed by atoms with Crippen LogP contribution in [0.25, 0.3) is 0 Å². The molecule has 2 aliphatic carbocycles. The fourth-order valence-electron chi connectivity index (χ4n) is 4.25. The zero-order chi connectivity index (χ0) is 14.7. The van der Waals surface area contributed by atoms with Gasteiger partial charge < -0.3 is 10.4 Å². The van der Waals surface area contributed by atoms with Crippen molar-refractivity contribution in [2.75, 3.05) is 19.6 Å². The molecule has 0 aromatic rings. The van der Waals surface area contributed by atoms with E-state index in [0.29, 0.717) is 18.4 Å². The number of carboxylic acid groups (broad SMARTS) is 1.